The minimum Gasteiger partial charge on any atom is -0.396 e. The predicted octanol–water partition coefficient (Wildman–Crippen LogP) is 1.80. The van der Waals surface area contributed by atoms with E-state index in [1.54, 1.807) is 0 Å². The van der Waals surface area contributed by atoms with Crippen LogP contribution in [-0.2, 0) is 15.6 Å². The van der Waals surface area contributed by atoms with Gasteiger partial charge in [0, 0.05) is 30.5 Å². The summed E-state index contributed by atoms with van der Waals surface area (Å²) < 4.78 is 28.6. The van der Waals surface area contributed by atoms with Crippen LogP contribution in [0.2, 0.25) is 0 Å². The highest BCUT2D eigenvalue weighted by Crippen LogP contribution is 2.28. The van der Waals surface area contributed by atoms with Crippen LogP contribution in [0, 0.1) is 5.92 Å². The molecule has 120 valence electrons. The number of thiazole rings is 1. The molecule has 6 nitrogen and oxygen atoms in total. The zero-order chi connectivity index (χ0) is 15.7. The molecule has 0 saturated carbocycles. The van der Waals surface area contributed by atoms with E-state index in [1.807, 2.05) is 26.2 Å². The highest BCUT2D eigenvalue weighted by Gasteiger charge is 2.28. The van der Waals surface area contributed by atoms with Crippen LogP contribution in [0.15, 0.2) is 5.38 Å². The van der Waals surface area contributed by atoms with Gasteiger partial charge in [-0.1, -0.05) is 20.8 Å². The van der Waals surface area contributed by atoms with Gasteiger partial charge in [-0.2, -0.15) is 12.7 Å². The normalized spacial score (nSPS) is 18.9. The number of hydrogen-bond donors (Lipinski definition) is 2. The van der Waals surface area contributed by atoms with Gasteiger partial charge >= 0.3 is 10.2 Å². The minimum absolute atomic E-state index is 0.0976. The van der Waals surface area contributed by atoms with Gasteiger partial charge in [0.15, 0.2) is 5.13 Å². The molecule has 0 aliphatic carbocycles. The van der Waals surface area contributed by atoms with E-state index in [2.05, 4.69) is 9.71 Å². The van der Waals surface area contributed by atoms with Gasteiger partial charge in [0.1, 0.15) is 0 Å². The van der Waals surface area contributed by atoms with Crippen LogP contribution in [0.1, 0.15) is 39.3 Å². The van der Waals surface area contributed by atoms with Crippen molar-refractivity contribution in [2.24, 2.45) is 5.92 Å². The van der Waals surface area contributed by atoms with E-state index in [0.29, 0.717) is 31.1 Å². The topological polar surface area (TPSA) is 82.5 Å². The Balaban J connectivity index is 2.03. The molecule has 0 aromatic carbocycles. The molecule has 0 unspecified atom stereocenters. The maximum atomic E-state index is 12.3. The zero-order valence-corrected chi connectivity index (χ0v) is 14.3. The van der Waals surface area contributed by atoms with Crippen molar-refractivity contribution in [3.8, 4) is 0 Å². The quantitative estimate of drug-likeness (QED) is 0.880. The van der Waals surface area contributed by atoms with Crippen molar-refractivity contribution in [1.29, 1.82) is 0 Å². The molecule has 1 fully saturated rings. The van der Waals surface area contributed by atoms with E-state index in [4.69, 9.17) is 5.11 Å². The number of nitrogens with one attached hydrogen (secondary N) is 1. The Morgan fingerprint density at radius 2 is 2.05 bits per heavy atom. The third-order valence-electron chi connectivity index (χ3n) is 3.66. The predicted molar refractivity (Wildman–Crippen MR) is 84.7 cm³/mol. The SMILES string of the molecule is CC(C)(C)c1csc(NS(=O)(=O)N2CCC(CO)CC2)n1. The van der Waals surface area contributed by atoms with Crippen LogP contribution in [0.3, 0.4) is 0 Å². The standard InChI is InChI=1S/C13H23N3O3S2/c1-13(2,3)11-9-20-12(14-11)15-21(18,19)16-6-4-10(8-17)5-7-16/h9-10,17H,4-8H2,1-3H3,(H,14,15). The van der Waals surface area contributed by atoms with Gasteiger partial charge in [-0.15, -0.1) is 11.3 Å². The summed E-state index contributed by atoms with van der Waals surface area (Å²) in [7, 11) is -3.55. The van der Waals surface area contributed by atoms with Gasteiger partial charge in [0.2, 0.25) is 0 Å². The van der Waals surface area contributed by atoms with Crippen LogP contribution >= 0.6 is 11.3 Å². The van der Waals surface area contributed by atoms with E-state index in [1.165, 1.54) is 15.6 Å². The first-order valence-electron chi connectivity index (χ1n) is 7.07. The zero-order valence-electron chi connectivity index (χ0n) is 12.7. The Labute approximate surface area is 130 Å². The fourth-order valence-electron chi connectivity index (χ4n) is 2.17. The summed E-state index contributed by atoms with van der Waals surface area (Å²) in [6.07, 6.45) is 1.39. The van der Waals surface area contributed by atoms with E-state index < -0.39 is 10.2 Å². The summed E-state index contributed by atoms with van der Waals surface area (Å²) in [5, 5.41) is 11.4. The van der Waals surface area contributed by atoms with Gasteiger partial charge in [-0.25, -0.2) is 9.71 Å². The van der Waals surface area contributed by atoms with E-state index in [0.717, 1.165) is 5.69 Å². The lowest BCUT2D eigenvalue weighted by molar-refractivity contribution is 0.170. The Morgan fingerprint density at radius 1 is 1.43 bits per heavy atom. The molecule has 1 aromatic rings. The lowest BCUT2D eigenvalue weighted by atomic mass is 9.93. The highest BCUT2D eigenvalue weighted by molar-refractivity contribution is 7.90. The second-order valence-electron chi connectivity index (χ2n) is 6.42. The number of hydrogen-bond acceptors (Lipinski definition) is 5. The molecular weight excluding hydrogens is 310 g/mol. The molecule has 1 aromatic heterocycles. The van der Waals surface area contributed by atoms with Crippen LogP contribution in [-0.4, -0.2) is 42.5 Å². The van der Waals surface area contributed by atoms with Gasteiger partial charge < -0.3 is 5.11 Å². The lowest BCUT2D eigenvalue weighted by Crippen LogP contribution is -2.42. The van der Waals surface area contributed by atoms with Gasteiger partial charge in [-0.3, -0.25) is 0 Å². The van der Waals surface area contributed by atoms with Gasteiger partial charge in [0.05, 0.1) is 5.69 Å². The van der Waals surface area contributed by atoms with Gasteiger partial charge in [0.25, 0.3) is 0 Å². The maximum absolute atomic E-state index is 12.3. The van der Waals surface area contributed by atoms with Gasteiger partial charge in [-0.05, 0) is 18.8 Å². The van der Waals surface area contributed by atoms with Crippen molar-refractivity contribution in [3.05, 3.63) is 11.1 Å². The molecule has 0 amide bonds. The van der Waals surface area contributed by atoms with Crippen molar-refractivity contribution in [2.45, 2.75) is 39.0 Å². The average Bonchev–Trinajstić information content (AvgIpc) is 2.86. The van der Waals surface area contributed by atoms with Crippen LogP contribution in [0.4, 0.5) is 5.13 Å². The number of aromatic nitrogens is 1. The number of anilines is 1. The van der Waals surface area contributed by atoms with Crippen LogP contribution < -0.4 is 4.72 Å². The fourth-order valence-corrected chi connectivity index (χ4v) is 4.55. The Bertz CT molecular complexity index is 570. The van der Waals surface area contributed by atoms with E-state index in [9.17, 15) is 8.42 Å². The third kappa shape index (κ3) is 4.15. The molecule has 0 bridgehead atoms. The van der Waals surface area contributed by atoms with E-state index >= 15 is 0 Å². The summed E-state index contributed by atoms with van der Waals surface area (Å²) >= 11 is 1.30. The molecule has 0 radical (unpaired) electrons. The molecule has 1 aliphatic heterocycles. The molecule has 1 saturated heterocycles. The molecule has 2 N–H and O–H groups in total. The molecule has 8 heteroatoms. The Morgan fingerprint density at radius 3 is 2.52 bits per heavy atom. The highest BCUT2D eigenvalue weighted by atomic mass is 32.2. The lowest BCUT2D eigenvalue weighted by Gasteiger charge is -2.29. The number of aliphatic hydroxyl groups is 1. The van der Waals surface area contributed by atoms with Crippen LogP contribution in [0.5, 0.6) is 0 Å². The van der Waals surface area contributed by atoms with E-state index in [-0.39, 0.29) is 17.9 Å². The van der Waals surface area contributed by atoms with Crippen molar-refractivity contribution < 1.29 is 13.5 Å². The van der Waals surface area contributed by atoms with Crippen LogP contribution in [0.25, 0.3) is 0 Å². The second kappa shape index (κ2) is 6.20. The third-order valence-corrected chi connectivity index (χ3v) is 6.04. The first kappa shape index (κ1) is 16.7. The fraction of sp³-hybridized carbons (Fsp3) is 0.769. The smallest absolute Gasteiger partial charge is 0.303 e. The Kier molecular flexibility index (Phi) is 4.92. The minimum atomic E-state index is -3.55. The van der Waals surface area contributed by atoms with Crippen molar-refractivity contribution >= 4 is 26.7 Å². The van der Waals surface area contributed by atoms with Crippen molar-refractivity contribution in [1.82, 2.24) is 9.29 Å². The first-order valence-corrected chi connectivity index (χ1v) is 9.39. The summed E-state index contributed by atoms with van der Waals surface area (Å²) in [5.74, 6) is 0.212. The molecule has 2 heterocycles. The molecular formula is C13H23N3O3S2. The number of piperidine rings is 1. The molecule has 2 rings (SSSR count). The van der Waals surface area contributed by atoms with Crippen molar-refractivity contribution in [2.75, 3.05) is 24.4 Å². The number of rotatable bonds is 4. The van der Waals surface area contributed by atoms with Crippen molar-refractivity contribution in [3.63, 3.8) is 0 Å². The molecule has 0 spiro atoms. The summed E-state index contributed by atoms with van der Waals surface area (Å²) in [6, 6.07) is 0. The Hall–Kier alpha value is -0.700. The molecule has 21 heavy (non-hydrogen) atoms. The second-order valence-corrected chi connectivity index (χ2v) is 8.95. The largest absolute Gasteiger partial charge is 0.396 e. The number of nitrogens with zero attached hydrogens (tertiary/aromatic N) is 2. The summed E-state index contributed by atoms with van der Waals surface area (Å²) in [5.41, 5.74) is 0.781. The maximum Gasteiger partial charge on any atom is 0.303 e. The summed E-state index contributed by atoms with van der Waals surface area (Å²) in [4.78, 5) is 4.35. The molecule has 0 atom stereocenters. The average molecular weight is 333 g/mol. The first-order chi connectivity index (χ1) is 9.72. The molecule has 1 aliphatic rings. The summed E-state index contributed by atoms with van der Waals surface area (Å²) in [6.45, 7) is 7.14. The monoisotopic (exact) mass is 333 g/mol. The number of aliphatic hydroxyl groups excluding tert-OH is 1.